The third-order valence-electron chi connectivity index (χ3n) is 4.16. The highest BCUT2D eigenvalue weighted by molar-refractivity contribution is 5.73. The van der Waals surface area contributed by atoms with Crippen molar-refractivity contribution in [2.24, 2.45) is 11.8 Å². The number of carbonyl (C=O) groups excluding carboxylic acids is 1. The molecule has 1 aromatic rings. The lowest BCUT2D eigenvalue weighted by Crippen LogP contribution is -2.41. The van der Waals surface area contributed by atoms with Gasteiger partial charge in [-0.25, -0.2) is 0 Å². The van der Waals surface area contributed by atoms with Gasteiger partial charge in [-0.3, -0.25) is 4.79 Å². The predicted molar refractivity (Wildman–Crippen MR) is 82.4 cm³/mol. The van der Waals surface area contributed by atoms with Crippen LogP contribution in [0.1, 0.15) is 25.3 Å². The van der Waals surface area contributed by atoms with Crippen LogP contribution >= 0.6 is 0 Å². The van der Waals surface area contributed by atoms with Gasteiger partial charge < -0.3 is 14.8 Å². The van der Waals surface area contributed by atoms with Gasteiger partial charge in [-0.2, -0.15) is 0 Å². The van der Waals surface area contributed by atoms with E-state index in [0.29, 0.717) is 12.5 Å². The summed E-state index contributed by atoms with van der Waals surface area (Å²) in [5.41, 5.74) is 1.28. The van der Waals surface area contributed by atoms with Crippen LogP contribution in [0, 0.1) is 11.8 Å². The molecule has 2 rings (SSSR count). The quantitative estimate of drug-likeness (QED) is 0.818. The first kappa shape index (κ1) is 15.8. The molecule has 0 saturated carbocycles. The van der Waals surface area contributed by atoms with E-state index in [1.165, 1.54) is 5.56 Å². The van der Waals surface area contributed by atoms with E-state index in [1.807, 2.05) is 19.1 Å². The van der Waals surface area contributed by atoms with Gasteiger partial charge in [-0.05, 0) is 62.9 Å². The fourth-order valence-electron chi connectivity index (χ4n) is 2.93. The Morgan fingerprint density at radius 1 is 1.33 bits per heavy atom. The Bertz CT molecular complexity index is 444. The molecule has 0 aliphatic carbocycles. The summed E-state index contributed by atoms with van der Waals surface area (Å²) in [5.74, 6) is 1.26. The number of aryl methyl sites for hydroxylation is 1. The van der Waals surface area contributed by atoms with Gasteiger partial charge in [0.15, 0.2) is 0 Å². The summed E-state index contributed by atoms with van der Waals surface area (Å²) in [4.78, 5) is 12.0. The molecule has 1 saturated heterocycles. The molecule has 21 heavy (non-hydrogen) atoms. The number of nitrogens with one attached hydrogen (secondary N) is 1. The van der Waals surface area contributed by atoms with Crippen molar-refractivity contribution in [1.29, 1.82) is 0 Å². The van der Waals surface area contributed by atoms with E-state index in [4.69, 9.17) is 9.47 Å². The van der Waals surface area contributed by atoms with Crippen LogP contribution in [-0.4, -0.2) is 32.8 Å². The van der Waals surface area contributed by atoms with E-state index in [9.17, 15) is 4.79 Å². The maximum absolute atomic E-state index is 12.0. The van der Waals surface area contributed by atoms with E-state index >= 15 is 0 Å². The molecule has 2 unspecified atom stereocenters. The highest BCUT2D eigenvalue weighted by atomic mass is 16.5. The Morgan fingerprint density at radius 3 is 2.76 bits per heavy atom. The second-order valence-electron chi connectivity index (χ2n) is 5.50. The second kappa shape index (κ2) is 8.03. The topological polar surface area (TPSA) is 47.6 Å². The fraction of sp³-hybridized carbons (Fsp3) is 0.588. The van der Waals surface area contributed by atoms with Crippen molar-refractivity contribution in [2.75, 3.05) is 26.8 Å². The first-order valence-electron chi connectivity index (χ1n) is 7.75. The van der Waals surface area contributed by atoms with Crippen LogP contribution in [0.15, 0.2) is 24.3 Å². The van der Waals surface area contributed by atoms with Crippen LogP contribution in [-0.2, 0) is 16.0 Å². The molecule has 1 aliphatic heterocycles. The zero-order valence-corrected chi connectivity index (χ0v) is 12.9. The number of carbonyl (C=O) groups is 1. The number of methoxy groups -OCH3 is 1. The molecule has 2 atom stereocenters. The van der Waals surface area contributed by atoms with Crippen LogP contribution in [0.25, 0.3) is 0 Å². The molecular formula is C17H25NO3. The Balaban J connectivity index is 1.90. The van der Waals surface area contributed by atoms with Crippen LogP contribution < -0.4 is 10.1 Å². The number of esters is 1. The number of hydrogen-bond acceptors (Lipinski definition) is 4. The van der Waals surface area contributed by atoms with E-state index < -0.39 is 0 Å². The van der Waals surface area contributed by atoms with Gasteiger partial charge in [-0.15, -0.1) is 0 Å². The number of piperidine rings is 1. The lowest BCUT2D eigenvalue weighted by atomic mass is 9.82. The third kappa shape index (κ3) is 4.46. The maximum atomic E-state index is 12.0. The van der Waals surface area contributed by atoms with Crippen molar-refractivity contribution >= 4 is 5.97 Å². The van der Waals surface area contributed by atoms with Crippen molar-refractivity contribution < 1.29 is 14.3 Å². The highest BCUT2D eigenvalue weighted by Crippen LogP contribution is 2.25. The van der Waals surface area contributed by atoms with E-state index in [1.54, 1.807) is 7.11 Å². The van der Waals surface area contributed by atoms with Crippen molar-refractivity contribution in [3.8, 4) is 5.75 Å². The largest absolute Gasteiger partial charge is 0.497 e. The highest BCUT2D eigenvalue weighted by Gasteiger charge is 2.31. The Kier molecular flexibility index (Phi) is 6.05. The SMILES string of the molecule is CCOC(=O)C1CCNCC1CCc1ccc(OC)cc1. The zero-order valence-electron chi connectivity index (χ0n) is 12.9. The minimum absolute atomic E-state index is 0.0290. The fourth-order valence-corrected chi connectivity index (χ4v) is 2.93. The van der Waals surface area contributed by atoms with Gasteiger partial charge in [0.1, 0.15) is 5.75 Å². The summed E-state index contributed by atoms with van der Waals surface area (Å²) < 4.78 is 10.4. The molecule has 116 valence electrons. The monoisotopic (exact) mass is 291 g/mol. The normalized spacial score (nSPS) is 21.8. The summed E-state index contributed by atoms with van der Waals surface area (Å²) >= 11 is 0. The van der Waals surface area contributed by atoms with Crippen LogP contribution in [0.3, 0.4) is 0 Å². The van der Waals surface area contributed by atoms with Gasteiger partial charge in [0.2, 0.25) is 0 Å². The molecule has 1 aromatic carbocycles. The molecule has 4 nitrogen and oxygen atoms in total. The van der Waals surface area contributed by atoms with E-state index in [0.717, 1.165) is 38.1 Å². The molecule has 0 aromatic heterocycles. The summed E-state index contributed by atoms with van der Waals surface area (Å²) in [6, 6.07) is 8.15. The van der Waals surface area contributed by atoms with Crippen molar-refractivity contribution in [2.45, 2.75) is 26.2 Å². The predicted octanol–water partition coefficient (Wildman–Crippen LogP) is 2.42. The van der Waals surface area contributed by atoms with E-state index in [2.05, 4.69) is 17.4 Å². The molecule has 4 heteroatoms. The lowest BCUT2D eigenvalue weighted by Gasteiger charge is -2.30. The smallest absolute Gasteiger partial charge is 0.309 e. The standard InChI is InChI=1S/C17H25NO3/c1-3-21-17(19)16-10-11-18-12-14(16)7-4-13-5-8-15(20-2)9-6-13/h5-6,8-9,14,16,18H,3-4,7,10-12H2,1-2H3. The Labute approximate surface area is 126 Å². The first-order chi connectivity index (χ1) is 10.2. The average molecular weight is 291 g/mol. The van der Waals surface area contributed by atoms with Crippen LogP contribution in [0.4, 0.5) is 0 Å². The molecule has 0 spiro atoms. The van der Waals surface area contributed by atoms with Crippen molar-refractivity contribution in [3.05, 3.63) is 29.8 Å². The van der Waals surface area contributed by atoms with Gasteiger partial charge in [-0.1, -0.05) is 12.1 Å². The second-order valence-corrected chi connectivity index (χ2v) is 5.50. The number of benzene rings is 1. The molecule has 0 bridgehead atoms. The minimum atomic E-state index is -0.0290. The summed E-state index contributed by atoms with van der Waals surface area (Å²) in [7, 11) is 1.67. The summed E-state index contributed by atoms with van der Waals surface area (Å²) in [5, 5.41) is 3.39. The average Bonchev–Trinajstić information content (AvgIpc) is 2.54. The molecule has 1 aliphatic rings. The van der Waals surface area contributed by atoms with Gasteiger partial charge >= 0.3 is 5.97 Å². The maximum Gasteiger partial charge on any atom is 0.309 e. The van der Waals surface area contributed by atoms with Crippen molar-refractivity contribution in [3.63, 3.8) is 0 Å². The molecule has 1 fully saturated rings. The number of ether oxygens (including phenoxy) is 2. The Hall–Kier alpha value is -1.55. The molecule has 1 heterocycles. The van der Waals surface area contributed by atoms with E-state index in [-0.39, 0.29) is 11.9 Å². The lowest BCUT2D eigenvalue weighted by molar-refractivity contribution is -0.151. The zero-order chi connectivity index (χ0) is 15.1. The van der Waals surface area contributed by atoms with Gasteiger partial charge in [0.05, 0.1) is 19.6 Å². The van der Waals surface area contributed by atoms with Crippen LogP contribution in [0.2, 0.25) is 0 Å². The number of hydrogen-bond donors (Lipinski definition) is 1. The Morgan fingerprint density at radius 2 is 2.10 bits per heavy atom. The van der Waals surface area contributed by atoms with Crippen LogP contribution in [0.5, 0.6) is 5.75 Å². The number of rotatable bonds is 6. The summed E-state index contributed by atoms with van der Waals surface area (Å²) in [6.07, 6.45) is 2.86. The van der Waals surface area contributed by atoms with Gasteiger partial charge in [0, 0.05) is 0 Å². The molecule has 1 N–H and O–H groups in total. The molecule has 0 radical (unpaired) electrons. The van der Waals surface area contributed by atoms with Gasteiger partial charge in [0.25, 0.3) is 0 Å². The first-order valence-corrected chi connectivity index (χ1v) is 7.75. The molecular weight excluding hydrogens is 266 g/mol. The minimum Gasteiger partial charge on any atom is -0.497 e. The molecule has 0 amide bonds. The third-order valence-corrected chi connectivity index (χ3v) is 4.16. The van der Waals surface area contributed by atoms with Crippen molar-refractivity contribution in [1.82, 2.24) is 5.32 Å². The summed E-state index contributed by atoms with van der Waals surface area (Å²) in [6.45, 7) is 4.14.